The summed E-state index contributed by atoms with van der Waals surface area (Å²) in [6.45, 7) is 2.63. The zero-order chi connectivity index (χ0) is 16.7. The Morgan fingerprint density at radius 1 is 1.25 bits per heavy atom. The summed E-state index contributed by atoms with van der Waals surface area (Å²) in [7, 11) is 0. The molecule has 1 fully saturated rings. The molecule has 1 aliphatic heterocycles. The van der Waals surface area contributed by atoms with Crippen LogP contribution in [0.1, 0.15) is 18.5 Å². The van der Waals surface area contributed by atoms with E-state index < -0.39 is 6.09 Å². The van der Waals surface area contributed by atoms with Gasteiger partial charge in [0, 0.05) is 44.6 Å². The summed E-state index contributed by atoms with van der Waals surface area (Å²) in [6.07, 6.45) is 7.16. The summed E-state index contributed by atoms with van der Waals surface area (Å²) in [5, 5.41) is 9.03. The molecule has 2 N–H and O–H groups in total. The van der Waals surface area contributed by atoms with Crippen molar-refractivity contribution in [2.45, 2.75) is 18.9 Å². The second-order valence-electron chi connectivity index (χ2n) is 6.40. The molecule has 1 atom stereocenters. The van der Waals surface area contributed by atoms with E-state index in [0.29, 0.717) is 24.6 Å². The van der Waals surface area contributed by atoms with Crippen LogP contribution in [0.2, 0.25) is 0 Å². The minimum absolute atomic E-state index is 0.0723. The first-order valence-electron chi connectivity index (χ1n) is 8.25. The van der Waals surface area contributed by atoms with Gasteiger partial charge in [0.1, 0.15) is 5.52 Å². The number of hydrogen-bond donors (Lipinski definition) is 2. The van der Waals surface area contributed by atoms with Crippen molar-refractivity contribution in [3.8, 4) is 0 Å². The van der Waals surface area contributed by atoms with Gasteiger partial charge < -0.3 is 19.4 Å². The number of aromatic amines is 1. The highest BCUT2D eigenvalue weighted by Gasteiger charge is 2.28. The predicted molar refractivity (Wildman–Crippen MR) is 90.2 cm³/mol. The summed E-state index contributed by atoms with van der Waals surface area (Å²) >= 11 is 0. The van der Waals surface area contributed by atoms with Crippen LogP contribution in [0.25, 0.3) is 11.1 Å². The molecule has 7 heteroatoms. The predicted octanol–water partition coefficient (Wildman–Crippen LogP) is 1.47. The lowest BCUT2D eigenvalue weighted by Crippen LogP contribution is -2.50. The van der Waals surface area contributed by atoms with Gasteiger partial charge in [-0.3, -0.25) is 9.69 Å². The highest BCUT2D eigenvalue weighted by Crippen LogP contribution is 2.29. The molecule has 2 aromatic heterocycles. The van der Waals surface area contributed by atoms with Crippen molar-refractivity contribution in [3.63, 3.8) is 0 Å². The van der Waals surface area contributed by atoms with Crippen LogP contribution in [-0.2, 0) is 0 Å². The lowest BCUT2D eigenvalue weighted by Gasteiger charge is -2.36. The van der Waals surface area contributed by atoms with Crippen LogP contribution < -0.4 is 5.56 Å². The number of carbonyl (C=O) groups is 1. The normalized spacial score (nSPS) is 22.1. The zero-order valence-corrected chi connectivity index (χ0v) is 13.3. The van der Waals surface area contributed by atoms with Crippen LogP contribution in [0.3, 0.4) is 0 Å². The quantitative estimate of drug-likeness (QED) is 0.875. The molecule has 2 aliphatic rings. The van der Waals surface area contributed by atoms with Crippen LogP contribution >= 0.6 is 0 Å². The van der Waals surface area contributed by atoms with Gasteiger partial charge >= 0.3 is 6.09 Å². The van der Waals surface area contributed by atoms with E-state index in [1.807, 2.05) is 22.9 Å². The number of rotatable bonds is 2. The van der Waals surface area contributed by atoms with Crippen molar-refractivity contribution in [3.05, 3.63) is 46.7 Å². The van der Waals surface area contributed by atoms with Crippen molar-refractivity contribution in [1.82, 2.24) is 19.2 Å². The minimum atomic E-state index is -0.838. The summed E-state index contributed by atoms with van der Waals surface area (Å²) < 4.78 is 1.86. The van der Waals surface area contributed by atoms with E-state index in [4.69, 9.17) is 5.11 Å². The number of amides is 1. The lowest BCUT2D eigenvalue weighted by molar-refractivity contribution is 0.0944. The molecule has 2 aromatic rings. The van der Waals surface area contributed by atoms with Crippen LogP contribution in [0, 0.1) is 0 Å². The molecule has 4 rings (SSSR count). The number of fused-ring (bicyclic) bond motifs is 1. The summed E-state index contributed by atoms with van der Waals surface area (Å²) in [6, 6.07) is 3.98. The maximum Gasteiger partial charge on any atom is 0.407 e. The smallest absolute Gasteiger partial charge is 0.407 e. The highest BCUT2D eigenvalue weighted by molar-refractivity contribution is 5.66. The molecule has 1 unspecified atom stereocenters. The molecule has 24 heavy (non-hydrogen) atoms. The number of piperazine rings is 1. The van der Waals surface area contributed by atoms with Gasteiger partial charge in [-0.2, -0.15) is 0 Å². The topological polar surface area (TPSA) is 81.0 Å². The third-order valence-corrected chi connectivity index (χ3v) is 5.03. The Bertz CT molecular complexity index is 858. The van der Waals surface area contributed by atoms with Gasteiger partial charge in [-0.05, 0) is 30.5 Å². The standard InChI is InChI=1S/C17H20N4O3/c22-16-15-2-1-5-21(15)11-14(18-16)12-3-4-13(10-12)19-6-8-20(9-7-19)17(23)24/h1-2,5,10-11,13H,3-4,6-9H2,(H,18,22)(H,23,24). The Kier molecular flexibility index (Phi) is 3.65. The average Bonchev–Trinajstić information content (AvgIpc) is 3.24. The Hall–Kier alpha value is -2.54. The Balaban J connectivity index is 1.52. The Morgan fingerprint density at radius 2 is 2.04 bits per heavy atom. The number of H-pyrrole nitrogens is 1. The molecule has 1 saturated heterocycles. The summed E-state index contributed by atoms with van der Waals surface area (Å²) in [5.74, 6) is 0. The van der Waals surface area contributed by atoms with Crippen LogP contribution in [0.5, 0.6) is 0 Å². The van der Waals surface area contributed by atoms with Crippen LogP contribution in [0.4, 0.5) is 4.79 Å². The van der Waals surface area contributed by atoms with Crippen LogP contribution in [-0.4, -0.2) is 62.6 Å². The van der Waals surface area contributed by atoms with E-state index in [1.165, 1.54) is 4.90 Å². The highest BCUT2D eigenvalue weighted by atomic mass is 16.4. The van der Waals surface area contributed by atoms with Crippen molar-refractivity contribution < 1.29 is 9.90 Å². The average molecular weight is 328 g/mol. The molecular formula is C17H20N4O3. The van der Waals surface area contributed by atoms with Crippen molar-refractivity contribution in [1.29, 1.82) is 0 Å². The van der Waals surface area contributed by atoms with Crippen molar-refractivity contribution in [2.75, 3.05) is 26.2 Å². The van der Waals surface area contributed by atoms with Crippen LogP contribution in [0.15, 0.2) is 35.4 Å². The van der Waals surface area contributed by atoms with E-state index in [-0.39, 0.29) is 5.56 Å². The van der Waals surface area contributed by atoms with Gasteiger partial charge in [0.2, 0.25) is 0 Å². The first kappa shape index (κ1) is 15.0. The van der Waals surface area contributed by atoms with Gasteiger partial charge in [-0.1, -0.05) is 6.08 Å². The number of aromatic nitrogens is 2. The van der Waals surface area contributed by atoms with E-state index in [9.17, 15) is 9.59 Å². The number of carboxylic acid groups (broad SMARTS) is 1. The molecule has 0 aromatic carbocycles. The fraction of sp³-hybridized carbons (Fsp3) is 0.412. The minimum Gasteiger partial charge on any atom is -0.465 e. The van der Waals surface area contributed by atoms with E-state index in [0.717, 1.165) is 37.2 Å². The maximum atomic E-state index is 12.1. The third kappa shape index (κ3) is 2.60. The number of allylic oxidation sites excluding steroid dienone is 1. The SMILES string of the molecule is O=C(O)N1CCN(C2C=C(c3cn4cccc4c(=O)[nH]3)CC2)CC1. The first-order valence-corrected chi connectivity index (χ1v) is 8.25. The molecule has 0 spiro atoms. The summed E-state index contributed by atoms with van der Waals surface area (Å²) in [4.78, 5) is 29.9. The van der Waals surface area contributed by atoms with Crippen molar-refractivity contribution >= 4 is 17.2 Å². The lowest BCUT2D eigenvalue weighted by atomic mass is 10.2. The van der Waals surface area contributed by atoms with Gasteiger partial charge in [-0.25, -0.2) is 4.79 Å². The van der Waals surface area contributed by atoms with E-state index in [1.54, 1.807) is 6.07 Å². The monoisotopic (exact) mass is 328 g/mol. The number of hydrogen-bond acceptors (Lipinski definition) is 3. The molecule has 0 saturated carbocycles. The van der Waals surface area contributed by atoms with Gasteiger partial charge in [-0.15, -0.1) is 0 Å². The molecular weight excluding hydrogens is 308 g/mol. The Morgan fingerprint density at radius 3 is 2.79 bits per heavy atom. The molecule has 1 amide bonds. The summed E-state index contributed by atoms with van der Waals surface area (Å²) in [5.41, 5.74) is 2.61. The number of nitrogens with zero attached hydrogens (tertiary/aromatic N) is 3. The molecule has 1 aliphatic carbocycles. The molecule has 7 nitrogen and oxygen atoms in total. The zero-order valence-electron chi connectivity index (χ0n) is 13.3. The van der Waals surface area contributed by atoms with Gasteiger partial charge in [0.25, 0.3) is 5.56 Å². The van der Waals surface area contributed by atoms with E-state index in [2.05, 4.69) is 16.0 Å². The molecule has 0 radical (unpaired) electrons. The van der Waals surface area contributed by atoms with Crippen molar-refractivity contribution in [2.24, 2.45) is 0 Å². The molecule has 126 valence electrons. The number of nitrogens with one attached hydrogen (secondary N) is 1. The largest absolute Gasteiger partial charge is 0.465 e. The fourth-order valence-electron chi connectivity index (χ4n) is 3.68. The molecule has 3 heterocycles. The third-order valence-electron chi connectivity index (χ3n) is 5.03. The van der Waals surface area contributed by atoms with Gasteiger partial charge in [0.05, 0.1) is 5.69 Å². The second-order valence-corrected chi connectivity index (χ2v) is 6.40. The Labute approximate surface area is 138 Å². The second kappa shape index (κ2) is 5.83. The maximum absolute atomic E-state index is 12.1. The van der Waals surface area contributed by atoms with Gasteiger partial charge in [0.15, 0.2) is 0 Å². The van der Waals surface area contributed by atoms with E-state index >= 15 is 0 Å². The first-order chi connectivity index (χ1) is 11.6. The fourth-order valence-corrected chi connectivity index (χ4v) is 3.68. The molecule has 0 bridgehead atoms.